The Hall–Kier alpha value is -2.61. The molecule has 0 atom stereocenters. The van der Waals surface area contributed by atoms with Gasteiger partial charge in [0.1, 0.15) is 11.6 Å². The number of rotatable bonds is 8. The first kappa shape index (κ1) is 21.1. The molecule has 2 heterocycles. The molecule has 8 heteroatoms. The highest BCUT2D eigenvalue weighted by Gasteiger charge is 2.20. The van der Waals surface area contributed by atoms with Crippen LogP contribution in [0, 0.1) is 5.82 Å². The van der Waals surface area contributed by atoms with E-state index in [-0.39, 0.29) is 17.1 Å². The number of nitrogens with zero attached hydrogens (tertiary/aromatic N) is 3. The van der Waals surface area contributed by atoms with Gasteiger partial charge < -0.3 is 14.6 Å². The third kappa shape index (κ3) is 5.06. The predicted octanol–water partition coefficient (Wildman–Crippen LogP) is 1.85. The molecule has 1 saturated heterocycles. The van der Waals surface area contributed by atoms with Crippen LogP contribution in [-0.4, -0.2) is 53.8 Å². The minimum atomic E-state index is -0.350. The van der Waals surface area contributed by atoms with Crippen LogP contribution in [0.5, 0.6) is 5.75 Å². The number of halogens is 1. The Bertz CT molecular complexity index is 932. The van der Waals surface area contributed by atoms with E-state index in [0.29, 0.717) is 30.9 Å². The summed E-state index contributed by atoms with van der Waals surface area (Å²) in [6.45, 7) is 8.87. The van der Waals surface area contributed by atoms with E-state index in [1.807, 2.05) is 13.8 Å². The Morgan fingerprint density at radius 3 is 2.55 bits per heavy atom. The van der Waals surface area contributed by atoms with Crippen LogP contribution in [0.25, 0.3) is 0 Å². The van der Waals surface area contributed by atoms with E-state index in [1.165, 1.54) is 22.9 Å². The van der Waals surface area contributed by atoms with Crippen LogP contribution >= 0.6 is 0 Å². The molecule has 1 aromatic heterocycles. The van der Waals surface area contributed by atoms with Crippen LogP contribution in [0.2, 0.25) is 0 Å². The van der Waals surface area contributed by atoms with Gasteiger partial charge in [-0.1, -0.05) is 6.92 Å². The van der Waals surface area contributed by atoms with Gasteiger partial charge in [0.25, 0.3) is 5.56 Å². The van der Waals surface area contributed by atoms with Gasteiger partial charge in [-0.25, -0.2) is 9.18 Å². The molecular formula is C21H29FN4O3. The first-order chi connectivity index (χ1) is 14.0. The fourth-order valence-electron chi connectivity index (χ4n) is 3.70. The van der Waals surface area contributed by atoms with Crippen molar-refractivity contribution in [1.82, 2.24) is 14.5 Å². The minimum Gasteiger partial charge on any atom is -0.492 e. The molecule has 0 saturated carbocycles. The van der Waals surface area contributed by atoms with Crippen molar-refractivity contribution in [3.63, 3.8) is 0 Å². The second-order valence-electron chi connectivity index (χ2n) is 7.16. The van der Waals surface area contributed by atoms with Crippen molar-refractivity contribution in [2.75, 3.05) is 44.2 Å². The van der Waals surface area contributed by atoms with Crippen LogP contribution in [-0.2, 0) is 13.0 Å². The van der Waals surface area contributed by atoms with Gasteiger partial charge in [-0.15, -0.1) is 0 Å². The number of piperazine rings is 1. The number of H-pyrrole nitrogens is 1. The second-order valence-corrected chi connectivity index (χ2v) is 7.16. The van der Waals surface area contributed by atoms with E-state index in [0.717, 1.165) is 44.8 Å². The van der Waals surface area contributed by atoms with Crippen LogP contribution < -0.4 is 20.9 Å². The summed E-state index contributed by atoms with van der Waals surface area (Å²) in [4.78, 5) is 31.4. The molecule has 0 radical (unpaired) electrons. The van der Waals surface area contributed by atoms with Crippen LogP contribution in [0.4, 0.5) is 10.1 Å². The maximum atomic E-state index is 13.5. The zero-order valence-electron chi connectivity index (χ0n) is 17.1. The molecule has 0 aliphatic carbocycles. The van der Waals surface area contributed by atoms with Crippen molar-refractivity contribution in [2.24, 2.45) is 0 Å². The molecule has 0 unspecified atom stereocenters. The average molecular weight is 404 g/mol. The summed E-state index contributed by atoms with van der Waals surface area (Å²) in [6, 6.07) is 4.67. The number of ether oxygens (including phenoxy) is 1. The van der Waals surface area contributed by atoms with E-state index in [4.69, 9.17) is 4.74 Å². The molecule has 1 aromatic carbocycles. The third-order valence-corrected chi connectivity index (χ3v) is 5.31. The van der Waals surface area contributed by atoms with Gasteiger partial charge in [0.2, 0.25) is 0 Å². The number of aromatic nitrogens is 2. The Balaban J connectivity index is 1.54. The number of benzene rings is 1. The molecule has 0 spiro atoms. The van der Waals surface area contributed by atoms with Crippen molar-refractivity contribution in [2.45, 2.75) is 33.2 Å². The van der Waals surface area contributed by atoms with Gasteiger partial charge in [0.15, 0.2) is 0 Å². The van der Waals surface area contributed by atoms with Gasteiger partial charge >= 0.3 is 5.69 Å². The minimum absolute atomic E-state index is 0.194. The zero-order chi connectivity index (χ0) is 20.8. The van der Waals surface area contributed by atoms with E-state index in [1.54, 1.807) is 6.07 Å². The number of aryl methyl sites for hydroxylation is 1. The molecule has 1 aliphatic rings. The van der Waals surface area contributed by atoms with Crippen LogP contribution in [0.1, 0.15) is 25.8 Å². The predicted molar refractivity (Wildman–Crippen MR) is 112 cm³/mol. The molecule has 2 aromatic rings. The summed E-state index contributed by atoms with van der Waals surface area (Å²) in [6.07, 6.45) is 2.84. The first-order valence-corrected chi connectivity index (χ1v) is 10.2. The highest BCUT2D eigenvalue weighted by Crippen LogP contribution is 2.30. The van der Waals surface area contributed by atoms with Crippen molar-refractivity contribution in [3.05, 3.63) is 56.6 Å². The summed E-state index contributed by atoms with van der Waals surface area (Å²) >= 11 is 0. The van der Waals surface area contributed by atoms with Gasteiger partial charge in [0, 0.05) is 50.6 Å². The summed E-state index contributed by atoms with van der Waals surface area (Å²) in [5.74, 6) is 0.281. The lowest BCUT2D eigenvalue weighted by Crippen LogP contribution is -2.47. The number of anilines is 1. The molecular weight excluding hydrogens is 375 g/mol. The molecule has 0 bridgehead atoms. The SMILES string of the molecule is CCOc1cc(F)ccc1N1CCN(CCCn2c(=O)[nH]cc(CC)c2=O)CC1. The maximum absolute atomic E-state index is 13.5. The van der Waals surface area contributed by atoms with Crippen LogP contribution in [0.15, 0.2) is 34.0 Å². The number of nitrogens with one attached hydrogen (secondary N) is 1. The topological polar surface area (TPSA) is 70.6 Å². The Kier molecular flexibility index (Phi) is 7.09. The number of hydrogen-bond donors (Lipinski definition) is 1. The largest absolute Gasteiger partial charge is 0.492 e. The lowest BCUT2D eigenvalue weighted by molar-refractivity contribution is 0.248. The molecule has 158 valence electrons. The molecule has 29 heavy (non-hydrogen) atoms. The quantitative estimate of drug-likeness (QED) is 0.727. The van der Waals surface area contributed by atoms with E-state index < -0.39 is 0 Å². The van der Waals surface area contributed by atoms with Crippen molar-refractivity contribution in [1.29, 1.82) is 0 Å². The smallest absolute Gasteiger partial charge is 0.328 e. The maximum Gasteiger partial charge on any atom is 0.328 e. The lowest BCUT2D eigenvalue weighted by atomic mass is 10.2. The standard InChI is InChI=1S/C21H29FN4O3/c1-3-16-15-23-21(28)26(20(16)27)9-5-8-24-10-12-25(13-11-24)18-7-6-17(22)14-19(18)29-4-2/h6-7,14-15H,3-5,8-13H2,1-2H3,(H,23,28). The first-order valence-electron chi connectivity index (χ1n) is 10.2. The molecule has 0 amide bonds. The van der Waals surface area contributed by atoms with E-state index >= 15 is 0 Å². The zero-order valence-corrected chi connectivity index (χ0v) is 17.1. The highest BCUT2D eigenvalue weighted by atomic mass is 19.1. The Morgan fingerprint density at radius 1 is 1.10 bits per heavy atom. The number of hydrogen-bond acceptors (Lipinski definition) is 5. The molecule has 1 fully saturated rings. The Morgan fingerprint density at radius 2 is 1.86 bits per heavy atom. The van der Waals surface area contributed by atoms with Crippen molar-refractivity contribution >= 4 is 5.69 Å². The fourth-order valence-corrected chi connectivity index (χ4v) is 3.70. The molecule has 1 N–H and O–H groups in total. The number of aromatic amines is 1. The summed E-state index contributed by atoms with van der Waals surface area (Å²) in [5, 5.41) is 0. The monoisotopic (exact) mass is 404 g/mol. The van der Waals surface area contributed by atoms with Crippen molar-refractivity contribution in [3.8, 4) is 5.75 Å². The second kappa shape index (κ2) is 9.73. The van der Waals surface area contributed by atoms with E-state index in [9.17, 15) is 14.0 Å². The van der Waals surface area contributed by atoms with Crippen LogP contribution in [0.3, 0.4) is 0 Å². The van der Waals surface area contributed by atoms with Crippen molar-refractivity contribution < 1.29 is 9.13 Å². The third-order valence-electron chi connectivity index (χ3n) is 5.31. The van der Waals surface area contributed by atoms with E-state index in [2.05, 4.69) is 14.8 Å². The molecule has 7 nitrogen and oxygen atoms in total. The molecule has 3 rings (SSSR count). The van der Waals surface area contributed by atoms with Gasteiger partial charge in [-0.05, 0) is 38.4 Å². The highest BCUT2D eigenvalue weighted by molar-refractivity contribution is 5.59. The Labute approximate surface area is 169 Å². The summed E-state index contributed by atoms with van der Waals surface area (Å²) in [5.41, 5.74) is 1.00. The lowest BCUT2D eigenvalue weighted by Gasteiger charge is -2.36. The summed E-state index contributed by atoms with van der Waals surface area (Å²) < 4.78 is 20.4. The summed E-state index contributed by atoms with van der Waals surface area (Å²) in [7, 11) is 0. The normalized spacial score (nSPS) is 14.9. The fraction of sp³-hybridized carbons (Fsp3) is 0.524. The van der Waals surface area contributed by atoms with Gasteiger partial charge in [-0.3, -0.25) is 14.3 Å². The van der Waals surface area contributed by atoms with Gasteiger partial charge in [-0.2, -0.15) is 0 Å². The average Bonchev–Trinajstić information content (AvgIpc) is 2.72. The molecule has 1 aliphatic heterocycles. The van der Waals surface area contributed by atoms with Gasteiger partial charge in [0.05, 0.1) is 12.3 Å².